The van der Waals surface area contributed by atoms with Gasteiger partial charge < -0.3 is 0 Å². The summed E-state index contributed by atoms with van der Waals surface area (Å²) in [5.74, 6) is 0.290. The summed E-state index contributed by atoms with van der Waals surface area (Å²) < 4.78 is 50.6. The van der Waals surface area contributed by atoms with Crippen LogP contribution in [-0.2, 0) is 20.0 Å². The second-order valence-electron chi connectivity index (χ2n) is 6.23. The summed E-state index contributed by atoms with van der Waals surface area (Å²) in [6, 6.07) is 13.8. The Morgan fingerprint density at radius 1 is 0.880 bits per heavy atom. The van der Waals surface area contributed by atoms with Gasteiger partial charge in [0.25, 0.3) is 0 Å². The summed E-state index contributed by atoms with van der Waals surface area (Å²) in [6.45, 7) is 4.04. The number of nitrogens with two attached hydrogens (primary N) is 1. The van der Waals surface area contributed by atoms with Gasteiger partial charge in [0.1, 0.15) is 0 Å². The van der Waals surface area contributed by atoms with Gasteiger partial charge in [0.05, 0.1) is 9.79 Å². The third-order valence-corrected chi connectivity index (χ3v) is 6.09. The zero-order chi connectivity index (χ0) is 18.7. The lowest BCUT2D eigenvalue weighted by Crippen LogP contribution is -2.29. The first-order chi connectivity index (χ1) is 11.6. The number of hydrogen-bond acceptors (Lipinski definition) is 4. The second kappa shape index (κ2) is 7.65. The average molecular weight is 383 g/mol. The molecule has 6 nitrogen and oxygen atoms in total. The van der Waals surface area contributed by atoms with Crippen LogP contribution < -0.4 is 9.86 Å². The minimum absolute atomic E-state index is 0.00964. The van der Waals surface area contributed by atoms with Crippen LogP contribution in [0.1, 0.15) is 31.9 Å². The second-order valence-corrected chi connectivity index (χ2v) is 9.51. The number of primary sulfonamides is 1. The molecule has 0 aliphatic heterocycles. The standard InChI is InChI=1S/C17H22N2O4S2/c1-13(2)12-17(14-6-4-3-5-7-14)19-25(22,23)16-10-8-15(9-11-16)24(18,20)21/h3-11,13,17,19H,12H2,1-2H3,(H2,18,20,21)/t17-/m0/s1. The number of benzene rings is 2. The molecule has 8 heteroatoms. The van der Waals surface area contributed by atoms with E-state index < -0.39 is 20.0 Å². The number of sulfonamides is 2. The Bertz CT molecular complexity index is 907. The van der Waals surface area contributed by atoms with E-state index in [9.17, 15) is 16.8 Å². The van der Waals surface area contributed by atoms with E-state index in [1.807, 2.05) is 44.2 Å². The van der Waals surface area contributed by atoms with Crippen LogP contribution in [0.2, 0.25) is 0 Å². The van der Waals surface area contributed by atoms with Crippen LogP contribution in [0.4, 0.5) is 0 Å². The number of hydrogen-bond donors (Lipinski definition) is 2. The van der Waals surface area contributed by atoms with Crippen molar-refractivity contribution in [2.45, 2.75) is 36.1 Å². The maximum absolute atomic E-state index is 12.7. The molecule has 0 saturated carbocycles. The molecule has 25 heavy (non-hydrogen) atoms. The van der Waals surface area contributed by atoms with Crippen molar-refractivity contribution in [1.29, 1.82) is 0 Å². The Kier molecular flexibility index (Phi) is 5.99. The lowest BCUT2D eigenvalue weighted by Gasteiger charge is -2.21. The van der Waals surface area contributed by atoms with Crippen LogP contribution in [-0.4, -0.2) is 16.8 Å². The van der Waals surface area contributed by atoms with Gasteiger partial charge in [-0.05, 0) is 42.2 Å². The van der Waals surface area contributed by atoms with Gasteiger partial charge in [-0.25, -0.2) is 26.7 Å². The van der Waals surface area contributed by atoms with Crippen LogP contribution in [0, 0.1) is 5.92 Å². The topological polar surface area (TPSA) is 106 Å². The third kappa shape index (κ3) is 5.37. The molecular formula is C17H22N2O4S2. The van der Waals surface area contributed by atoms with Crippen molar-refractivity contribution in [2.75, 3.05) is 0 Å². The van der Waals surface area contributed by atoms with Crippen LogP contribution in [0.25, 0.3) is 0 Å². The zero-order valence-electron chi connectivity index (χ0n) is 14.1. The molecule has 1 atom stereocenters. The largest absolute Gasteiger partial charge is 0.241 e. The van der Waals surface area contributed by atoms with Gasteiger partial charge in [-0.1, -0.05) is 44.2 Å². The molecule has 0 amide bonds. The fraction of sp³-hybridized carbons (Fsp3) is 0.294. The minimum Gasteiger partial charge on any atom is -0.225 e. The molecular weight excluding hydrogens is 360 g/mol. The van der Waals surface area contributed by atoms with Crippen LogP contribution in [0.3, 0.4) is 0 Å². The molecule has 136 valence electrons. The molecule has 0 saturated heterocycles. The van der Waals surface area contributed by atoms with Gasteiger partial charge in [0.2, 0.25) is 20.0 Å². The molecule has 2 rings (SSSR count). The summed E-state index contributed by atoms with van der Waals surface area (Å²) in [5.41, 5.74) is 0.876. The van der Waals surface area contributed by atoms with Crippen LogP contribution in [0.15, 0.2) is 64.4 Å². The Hall–Kier alpha value is -1.74. The van der Waals surface area contributed by atoms with Crippen molar-refractivity contribution < 1.29 is 16.8 Å². The molecule has 0 bridgehead atoms. The van der Waals surface area contributed by atoms with E-state index in [-0.39, 0.29) is 21.8 Å². The Morgan fingerprint density at radius 2 is 1.40 bits per heavy atom. The van der Waals surface area contributed by atoms with Crippen LogP contribution >= 0.6 is 0 Å². The highest BCUT2D eigenvalue weighted by Gasteiger charge is 2.22. The highest BCUT2D eigenvalue weighted by atomic mass is 32.2. The van der Waals surface area contributed by atoms with Crippen molar-refractivity contribution >= 4 is 20.0 Å². The predicted molar refractivity (Wildman–Crippen MR) is 96.8 cm³/mol. The first kappa shape index (κ1) is 19.6. The molecule has 0 spiro atoms. The molecule has 2 aromatic carbocycles. The van der Waals surface area contributed by atoms with E-state index in [1.165, 1.54) is 24.3 Å². The molecule has 2 aromatic rings. The van der Waals surface area contributed by atoms with E-state index in [0.29, 0.717) is 6.42 Å². The smallest absolute Gasteiger partial charge is 0.225 e. The van der Waals surface area contributed by atoms with Crippen LogP contribution in [0.5, 0.6) is 0 Å². The predicted octanol–water partition coefficient (Wildman–Crippen LogP) is 2.40. The lowest BCUT2D eigenvalue weighted by molar-refractivity contribution is 0.472. The summed E-state index contributed by atoms with van der Waals surface area (Å²) in [4.78, 5) is -0.141. The highest BCUT2D eigenvalue weighted by Crippen LogP contribution is 2.24. The van der Waals surface area contributed by atoms with Crippen molar-refractivity contribution in [3.05, 3.63) is 60.2 Å². The zero-order valence-corrected chi connectivity index (χ0v) is 15.7. The van der Waals surface area contributed by atoms with Gasteiger partial charge >= 0.3 is 0 Å². The molecule has 0 aliphatic rings. The van der Waals surface area contributed by atoms with Gasteiger partial charge in [0.15, 0.2) is 0 Å². The number of rotatable bonds is 7. The van der Waals surface area contributed by atoms with Gasteiger partial charge in [-0.15, -0.1) is 0 Å². The van der Waals surface area contributed by atoms with Crippen molar-refractivity contribution in [3.63, 3.8) is 0 Å². The number of nitrogens with one attached hydrogen (secondary N) is 1. The third-order valence-electron chi connectivity index (χ3n) is 3.67. The summed E-state index contributed by atoms with van der Waals surface area (Å²) in [6.07, 6.45) is 0.637. The maximum Gasteiger partial charge on any atom is 0.241 e. The molecule has 0 heterocycles. The van der Waals surface area contributed by atoms with E-state index in [0.717, 1.165) is 5.56 Å². The van der Waals surface area contributed by atoms with Crippen molar-refractivity contribution in [3.8, 4) is 0 Å². The fourth-order valence-electron chi connectivity index (χ4n) is 2.47. The summed E-state index contributed by atoms with van der Waals surface area (Å²) in [7, 11) is -7.66. The van der Waals surface area contributed by atoms with Gasteiger partial charge in [0, 0.05) is 6.04 Å². The maximum atomic E-state index is 12.7. The molecule has 0 radical (unpaired) electrons. The first-order valence-electron chi connectivity index (χ1n) is 7.80. The van der Waals surface area contributed by atoms with Crippen molar-refractivity contribution in [2.24, 2.45) is 11.1 Å². The molecule has 0 aromatic heterocycles. The quantitative estimate of drug-likeness (QED) is 0.767. The van der Waals surface area contributed by atoms with E-state index in [4.69, 9.17) is 5.14 Å². The SMILES string of the molecule is CC(C)C[C@H](NS(=O)(=O)c1ccc(S(N)(=O)=O)cc1)c1ccccc1. The van der Waals surface area contributed by atoms with Gasteiger partial charge in [-0.3, -0.25) is 0 Å². The normalized spacial score (nSPS) is 13.8. The van der Waals surface area contributed by atoms with E-state index >= 15 is 0 Å². The first-order valence-corrected chi connectivity index (χ1v) is 10.8. The molecule has 0 unspecified atom stereocenters. The van der Waals surface area contributed by atoms with E-state index in [2.05, 4.69) is 4.72 Å². The Morgan fingerprint density at radius 3 is 1.88 bits per heavy atom. The minimum atomic E-state index is -3.86. The molecule has 3 N–H and O–H groups in total. The average Bonchev–Trinajstić information content (AvgIpc) is 2.54. The summed E-state index contributed by atoms with van der Waals surface area (Å²) >= 11 is 0. The molecule has 0 aliphatic carbocycles. The van der Waals surface area contributed by atoms with E-state index in [1.54, 1.807) is 0 Å². The highest BCUT2D eigenvalue weighted by molar-refractivity contribution is 7.89. The monoisotopic (exact) mass is 382 g/mol. The molecule has 0 fully saturated rings. The Balaban J connectivity index is 2.31. The lowest BCUT2D eigenvalue weighted by atomic mass is 9.98. The fourth-order valence-corrected chi connectivity index (χ4v) is 4.23. The summed E-state index contributed by atoms with van der Waals surface area (Å²) in [5, 5.41) is 5.03. The Labute approximate surface area is 149 Å². The van der Waals surface area contributed by atoms with Gasteiger partial charge in [-0.2, -0.15) is 0 Å². The van der Waals surface area contributed by atoms with Crippen molar-refractivity contribution in [1.82, 2.24) is 4.72 Å².